The van der Waals surface area contributed by atoms with Gasteiger partial charge in [-0.25, -0.2) is 0 Å². The molecule has 2 aromatic rings. The van der Waals surface area contributed by atoms with Gasteiger partial charge in [-0.2, -0.15) is 14.0 Å². The maximum atomic E-state index is 12.9. The van der Waals surface area contributed by atoms with Crippen molar-refractivity contribution in [3.05, 3.63) is 83.6 Å². The van der Waals surface area contributed by atoms with E-state index >= 15 is 0 Å². The van der Waals surface area contributed by atoms with Gasteiger partial charge in [-0.15, -0.1) is 0 Å². The third kappa shape index (κ3) is 7.68. The number of ether oxygens (including phenoxy) is 2. The molecule has 2 aromatic carbocycles. The largest absolute Gasteiger partial charge is 0.497 e. The minimum absolute atomic E-state index is 0.120. The number of aliphatic imine (C=N–C) groups is 1. The Balaban J connectivity index is 0.000000588. The molecule has 0 aliphatic carbocycles. The van der Waals surface area contributed by atoms with Crippen LogP contribution in [0.15, 0.2) is 77.4 Å². The zero-order chi connectivity index (χ0) is 24.7. The van der Waals surface area contributed by atoms with Crippen LogP contribution < -0.4 is 23.5 Å². The molecule has 180 valence electrons. The number of rotatable bonds is 6. The van der Waals surface area contributed by atoms with Crippen LogP contribution in [0.2, 0.25) is 0 Å². The number of methoxy groups -OCH3 is 1. The van der Waals surface area contributed by atoms with Crippen LogP contribution in [0.4, 0.5) is 0 Å². The lowest BCUT2D eigenvalue weighted by atomic mass is 9.95. The minimum Gasteiger partial charge on any atom is -0.497 e. The Morgan fingerprint density at radius 3 is 2.35 bits per heavy atom. The smallest absolute Gasteiger partial charge is 0.169 e. The van der Waals surface area contributed by atoms with Crippen molar-refractivity contribution in [2.45, 2.75) is 13.5 Å². The normalized spacial score (nSPS) is 17.0. The van der Waals surface area contributed by atoms with Gasteiger partial charge >= 0.3 is 0 Å². The lowest BCUT2D eigenvalue weighted by Crippen LogP contribution is -2.58. The molecule has 0 spiro atoms. The topological polar surface area (TPSA) is 141 Å². The molecule has 0 saturated heterocycles. The summed E-state index contributed by atoms with van der Waals surface area (Å²) in [5.41, 5.74) is 2.92. The third-order valence-electron chi connectivity index (χ3n) is 5.13. The molecule has 1 N–H and O–H groups in total. The number of amidine groups is 1. The fraction of sp³-hybridized carbons (Fsp3) is 0.250. The van der Waals surface area contributed by atoms with E-state index in [1.54, 1.807) is 7.11 Å². The lowest BCUT2D eigenvalue weighted by Gasteiger charge is -2.31. The Kier molecular flexibility index (Phi) is 8.43. The van der Waals surface area contributed by atoms with Gasteiger partial charge < -0.3 is 14.4 Å². The number of allylic oxidation sites excluding steroid dienone is 2. The van der Waals surface area contributed by atoms with Gasteiger partial charge in [0.2, 0.25) is 0 Å². The van der Waals surface area contributed by atoms with Crippen LogP contribution in [0.25, 0.3) is 0 Å². The molecule has 0 amide bonds. The quantitative estimate of drug-likeness (QED) is 0.566. The second-order valence-electron chi connectivity index (χ2n) is 7.67. The minimum atomic E-state index is -4.69. The molecule has 2 aliphatic rings. The van der Waals surface area contributed by atoms with Crippen LogP contribution in [-0.4, -0.2) is 41.4 Å². The summed E-state index contributed by atoms with van der Waals surface area (Å²) in [6.07, 6.45) is 6.10. The van der Waals surface area contributed by atoms with Crippen LogP contribution in [0.3, 0.4) is 0 Å². The summed E-state index contributed by atoms with van der Waals surface area (Å²) in [4.78, 5) is 19.5. The van der Waals surface area contributed by atoms with Crippen molar-refractivity contribution < 1.29 is 43.1 Å². The Labute approximate surface area is 199 Å². The zero-order valence-corrected chi connectivity index (χ0v) is 19.5. The number of Topliss-reactive ketones (excluding diaryl/α,β-unsaturated/α-hetero) is 1. The van der Waals surface area contributed by atoms with Crippen LogP contribution >= 0.6 is 0 Å². The monoisotopic (exact) mass is 488 g/mol. The molecule has 9 nitrogen and oxygen atoms in total. The molecular formula is C24H25ClN2O7. The fourth-order valence-electron chi connectivity index (χ4n) is 3.41. The Hall–Kier alpha value is -3.21. The maximum absolute atomic E-state index is 12.9. The molecule has 4 rings (SSSR count). The van der Waals surface area contributed by atoms with Crippen molar-refractivity contribution in [2.24, 2.45) is 10.9 Å². The standard InChI is InChI=1S/C24H24N2O3.ClHO4/c1-17-11-12-26-15-20(14-25-23(26)13-17)24(27)19-5-9-22(10-6-19)29-16-18-3-7-21(28-2)8-4-18;2-1(3,4)5/h3-13,20H,14-16H2,1-2H3;(H,2,3,4,5). The van der Waals surface area contributed by atoms with Gasteiger partial charge in [-0.1, -0.05) is 12.1 Å². The molecular weight excluding hydrogens is 464 g/mol. The van der Waals surface area contributed by atoms with Gasteiger partial charge in [0.05, 0.1) is 34.5 Å². The molecule has 2 heterocycles. The van der Waals surface area contributed by atoms with Crippen molar-refractivity contribution in [1.82, 2.24) is 4.90 Å². The first-order valence-corrected chi connectivity index (χ1v) is 11.6. The number of hydrogen-bond donors (Lipinski definition) is 1. The Morgan fingerprint density at radius 1 is 1.12 bits per heavy atom. The van der Waals surface area contributed by atoms with Crippen molar-refractivity contribution in [3.63, 3.8) is 0 Å². The van der Waals surface area contributed by atoms with E-state index in [2.05, 4.69) is 11.1 Å². The number of benzene rings is 2. The van der Waals surface area contributed by atoms with Crippen molar-refractivity contribution >= 4 is 11.6 Å². The second-order valence-corrected chi connectivity index (χ2v) is 8.47. The van der Waals surface area contributed by atoms with Gasteiger partial charge in [0.1, 0.15) is 23.9 Å². The fourth-order valence-corrected chi connectivity index (χ4v) is 3.41. The highest BCUT2D eigenvalue weighted by atomic mass is 35.7. The number of hydrogen-bond acceptors (Lipinski definition) is 9. The van der Waals surface area contributed by atoms with Gasteiger partial charge in [-0.05, 0) is 66.6 Å². The van der Waals surface area contributed by atoms with Crippen LogP contribution in [0.5, 0.6) is 11.5 Å². The van der Waals surface area contributed by atoms with E-state index in [1.807, 2.05) is 72.6 Å². The molecule has 0 fully saturated rings. The average molecular weight is 489 g/mol. The zero-order valence-electron chi connectivity index (χ0n) is 18.7. The van der Waals surface area contributed by atoms with Gasteiger partial charge in [0, 0.05) is 18.3 Å². The van der Waals surface area contributed by atoms with Crippen LogP contribution in [0, 0.1) is 16.2 Å². The highest BCUT2D eigenvalue weighted by molar-refractivity contribution is 6.01. The first-order valence-electron chi connectivity index (χ1n) is 10.3. The van der Waals surface area contributed by atoms with E-state index in [4.69, 9.17) is 28.1 Å². The second kappa shape index (κ2) is 11.3. The van der Waals surface area contributed by atoms with E-state index in [-0.39, 0.29) is 11.7 Å². The third-order valence-corrected chi connectivity index (χ3v) is 5.13. The van der Waals surface area contributed by atoms with Gasteiger partial charge in [0.15, 0.2) is 5.78 Å². The van der Waals surface area contributed by atoms with Crippen molar-refractivity contribution in [2.75, 3.05) is 20.2 Å². The van der Waals surface area contributed by atoms with Crippen molar-refractivity contribution in [1.29, 1.82) is 0 Å². The summed E-state index contributed by atoms with van der Waals surface area (Å²) in [6, 6.07) is 15.1. The molecule has 2 aliphatic heterocycles. The summed E-state index contributed by atoms with van der Waals surface area (Å²) in [7, 11) is -3.05. The molecule has 34 heavy (non-hydrogen) atoms. The number of ketones is 1. The average Bonchev–Trinajstić information content (AvgIpc) is 2.81. The number of halogens is 1. The predicted octanol–water partition coefficient (Wildman–Crippen LogP) is 0.137. The van der Waals surface area contributed by atoms with Crippen LogP contribution in [-0.2, 0) is 6.61 Å². The van der Waals surface area contributed by atoms with E-state index in [0.29, 0.717) is 25.3 Å². The van der Waals surface area contributed by atoms with E-state index in [9.17, 15) is 4.79 Å². The van der Waals surface area contributed by atoms with Gasteiger partial charge in [-0.3, -0.25) is 9.79 Å². The first-order chi connectivity index (χ1) is 16.1. The van der Waals surface area contributed by atoms with E-state index in [0.717, 1.165) is 22.9 Å². The summed E-state index contributed by atoms with van der Waals surface area (Å²) >= 11 is 0. The number of carbonyl (C=O) groups is 1. The molecule has 1 unspecified atom stereocenters. The van der Waals surface area contributed by atoms with Crippen molar-refractivity contribution in [3.8, 4) is 11.5 Å². The SMILES string of the molecule is COc1ccc(COc2ccc(C(=O)C3CN=C4C=C(C)C=CN4C3)cc2)cc1.[O-][Cl+3]([O-])([O-])O. The highest BCUT2D eigenvalue weighted by Gasteiger charge is 2.27. The van der Waals surface area contributed by atoms with E-state index in [1.165, 1.54) is 5.57 Å². The molecule has 0 saturated carbocycles. The van der Waals surface area contributed by atoms with Gasteiger partial charge in [0.25, 0.3) is 0 Å². The highest BCUT2D eigenvalue weighted by Crippen LogP contribution is 2.22. The summed E-state index contributed by atoms with van der Waals surface area (Å²) < 4.78 is 43.7. The number of nitrogens with zero attached hydrogens (tertiary/aromatic N) is 2. The number of fused-ring (bicyclic) bond motifs is 1. The Bertz CT molecular complexity index is 1070. The van der Waals surface area contributed by atoms with Crippen LogP contribution in [0.1, 0.15) is 22.8 Å². The predicted molar refractivity (Wildman–Crippen MR) is 116 cm³/mol. The molecule has 0 aromatic heterocycles. The lowest BCUT2D eigenvalue weighted by molar-refractivity contribution is -1.92. The molecule has 0 radical (unpaired) electrons. The summed E-state index contributed by atoms with van der Waals surface area (Å²) in [5, 5.41) is 0. The maximum Gasteiger partial charge on any atom is 0.169 e. The molecule has 0 bridgehead atoms. The van der Waals surface area contributed by atoms with E-state index < -0.39 is 10.2 Å². The summed E-state index contributed by atoms with van der Waals surface area (Å²) in [5.74, 6) is 2.48. The Morgan fingerprint density at radius 2 is 1.74 bits per heavy atom. The molecule has 1 atom stereocenters. The molecule has 10 heteroatoms. The number of carbonyl (C=O) groups excluding carboxylic acids is 1. The summed E-state index contributed by atoms with van der Waals surface area (Å²) in [6.45, 7) is 3.70. The first kappa shape index (κ1) is 25.4.